The van der Waals surface area contributed by atoms with Crippen LogP contribution in [0.4, 0.5) is 6.01 Å². The van der Waals surface area contributed by atoms with Crippen molar-refractivity contribution in [2.75, 3.05) is 32.5 Å². The fraction of sp³-hybridized carbons (Fsp3) is 0.364. The fourth-order valence-corrected chi connectivity index (χ4v) is 3.40. The first-order chi connectivity index (χ1) is 14.5. The predicted octanol–water partition coefficient (Wildman–Crippen LogP) is 3.20. The highest BCUT2D eigenvalue weighted by Gasteiger charge is 2.18. The highest BCUT2D eigenvalue weighted by molar-refractivity contribution is 5.68. The molecule has 1 aliphatic heterocycles. The molecule has 30 heavy (non-hydrogen) atoms. The number of anilines is 1. The minimum Gasteiger partial charge on any atom is -0.402 e. The van der Waals surface area contributed by atoms with Crippen LogP contribution in [0.25, 0.3) is 28.5 Å². The van der Waals surface area contributed by atoms with Gasteiger partial charge >= 0.3 is 6.01 Å². The molecule has 0 atom stereocenters. The second-order valence-corrected chi connectivity index (χ2v) is 7.69. The van der Waals surface area contributed by atoms with Gasteiger partial charge in [0.05, 0.1) is 17.6 Å². The van der Waals surface area contributed by atoms with E-state index >= 15 is 0 Å². The van der Waals surface area contributed by atoms with Crippen LogP contribution in [0.1, 0.15) is 24.1 Å². The lowest BCUT2D eigenvalue weighted by Crippen LogP contribution is -2.35. The quantitative estimate of drug-likeness (QED) is 0.646. The van der Waals surface area contributed by atoms with Gasteiger partial charge in [0.15, 0.2) is 0 Å². The van der Waals surface area contributed by atoms with Crippen LogP contribution in [0.15, 0.2) is 41.5 Å². The van der Waals surface area contributed by atoms with Crippen molar-refractivity contribution < 1.29 is 4.42 Å². The maximum Gasteiger partial charge on any atom is 0.316 e. The second kappa shape index (κ2) is 8.62. The second-order valence-electron chi connectivity index (χ2n) is 7.69. The molecule has 0 radical (unpaired) electrons. The highest BCUT2D eigenvalue weighted by atomic mass is 16.4. The van der Waals surface area contributed by atoms with Gasteiger partial charge in [0, 0.05) is 31.4 Å². The third kappa shape index (κ3) is 4.33. The summed E-state index contributed by atoms with van der Waals surface area (Å²) in [5.41, 5.74) is 5.08. The van der Waals surface area contributed by atoms with Crippen LogP contribution in [0.2, 0.25) is 0 Å². The minimum atomic E-state index is 0.341. The van der Waals surface area contributed by atoms with Crippen molar-refractivity contribution in [2.45, 2.75) is 25.8 Å². The summed E-state index contributed by atoms with van der Waals surface area (Å²) in [5.74, 6) is 0.371. The Bertz CT molecular complexity index is 1020. The Labute approximate surface area is 176 Å². The van der Waals surface area contributed by atoms with Crippen molar-refractivity contribution in [1.29, 1.82) is 0 Å². The zero-order valence-electron chi connectivity index (χ0n) is 17.6. The molecule has 1 saturated heterocycles. The largest absolute Gasteiger partial charge is 0.402 e. The Balaban J connectivity index is 1.56. The number of aromatic nitrogens is 4. The van der Waals surface area contributed by atoms with E-state index in [0.29, 0.717) is 23.6 Å². The van der Waals surface area contributed by atoms with E-state index in [1.54, 1.807) is 6.20 Å². The molecule has 1 aromatic carbocycles. The number of nitrogens with one attached hydrogen (secondary N) is 2. The zero-order chi connectivity index (χ0) is 21.1. The molecule has 0 unspecified atom stereocenters. The molecule has 0 spiro atoms. The van der Waals surface area contributed by atoms with Crippen molar-refractivity contribution in [1.82, 2.24) is 30.4 Å². The van der Waals surface area contributed by atoms with Crippen molar-refractivity contribution >= 4 is 11.7 Å². The van der Waals surface area contributed by atoms with Crippen LogP contribution in [0.3, 0.4) is 0 Å². The third-order valence-electron chi connectivity index (χ3n) is 5.30. The molecular weight excluding hydrogens is 378 g/mol. The average molecular weight is 406 g/mol. The van der Waals surface area contributed by atoms with Crippen molar-refractivity contribution in [3.63, 3.8) is 0 Å². The summed E-state index contributed by atoms with van der Waals surface area (Å²) in [6.45, 7) is 7.97. The molecule has 0 amide bonds. The first-order valence-corrected chi connectivity index (χ1v) is 10.1. The van der Waals surface area contributed by atoms with Crippen LogP contribution < -0.4 is 10.6 Å². The average Bonchev–Trinajstić information content (AvgIpc) is 3.22. The molecule has 2 N–H and O–H groups in total. The minimum absolute atomic E-state index is 0.341. The molecule has 1 fully saturated rings. The number of piperidine rings is 1. The lowest BCUT2D eigenvalue weighted by Gasteiger charge is -2.22. The van der Waals surface area contributed by atoms with Crippen molar-refractivity contribution in [3.8, 4) is 22.8 Å². The van der Waals surface area contributed by atoms with E-state index in [2.05, 4.69) is 32.4 Å². The van der Waals surface area contributed by atoms with Gasteiger partial charge in [0.2, 0.25) is 0 Å². The van der Waals surface area contributed by atoms with Crippen LogP contribution in [0, 0.1) is 6.92 Å². The molecule has 156 valence electrons. The Hall–Kier alpha value is -3.26. The summed E-state index contributed by atoms with van der Waals surface area (Å²) in [5, 5.41) is 15.0. The molecule has 3 aromatic rings. The number of rotatable bonds is 6. The fourth-order valence-electron chi connectivity index (χ4n) is 3.40. The van der Waals surface area contributed by atoms with E-state index in [4.69, 9.17) is 9.40 Å². The molecule has 0 saturated carbocycles. The van der Waals surface area contributed by atoms with Gasteiger partial charge in [0.1, 0.15) is 5.69 Å². The van der Waals surface area contributed by atoms with Crippen LogP contribution >= 0.6 is 0 Å². The standard InChI is InChI=1S/C22H27N7O/c1-14-20(21-27-28-22(30-21)25-18-9-11-23-12-10-18)26-19(13-24-14)17-7-5-16(6-8-17)15(2)29(3)4/h5-8,13,18,23H,2,9-12H2,1,3-4H3,(H,25,28). The van der Waals surface area contributed by atoms with Crippen molar-refractivity contribution in [2.24, 2.45) is 0 Å². The highest BCUT2D eigenvalue weighted by Crippen LogP contribution is 2.26. The van der Waals surface area contributed by atoms with Gasteiger partial charge in [-0.1, -0.05) is 35.9 Å². The van der Waals surface area contributed by atoms with Crippen LogP contribution in [-0.2, 0) is 0 Å². The van der Waals surface area contributed by atoms with Gasteiger partial charge in [-0.05, 0) is 38.4 Å². The summed E-state index contributed by atoms with van der Waals surface area (Å²) in [6, 6.07) is 8.87. The van der Waals surface area contributed by atoms with Gasteiger partial charge in [-0.2, -0.15) is 0 Å². The lowest BCUT2D eigenvalue weighted by molar-refractivity contribution is 0.464. The van der Waals surface area contributed by atoms with E-state index in [9.17, 15) is 0 Å². The predicted molar refractivity (Wildman–Crippen MR) is 118 cm³/mol. The lowest BCUT2D eigenvalue weighted by atomic mass is 10.1. The van der Waals surface area contributed by atoms with Gasteiger partial charge in [-0.25, -0.2) is 4.98 Å². The van der Waals surface area contributed by atoms with E-state index in [0.717, 1.165) is 54.1 Å². The number of benzene rings is 1. The number of hydrogen-bond donors (Lipinski definition) is 2. The summed E-state index contributed by atoms with van der Waals surface area (Å²) >= 11 is 0. The molecule has 8 nitrogen and oxygen atoms in total. The normalized spacial score (nSPS) is 14.5. The molecule has 3 heterocycles. The first-order valence-electron chi connectivity index (χ1n) is 10.1. The number of hydrogen-bond acceptors (Lipinski definition) is 8. The van der Waals surface area contributed by atoms with Gasteiger partial charge in [-0.15, -0.1) is 5.10 Å². The Morgan fingerprint density at radius 1 is 1.17 bits per heavy atom. The maximum atomic E-state index is 5.85. The Morgan fingerprint density at radius 3 is 2.60 bits per heavy atom. The SMILES string of the molecule is C=C(c1ccc(-c2cnc(C)c(-c3nnc(NC4CCNCC4)o3)n2)cc1)N(C)C. The molecule has 0 bridgehead atoms. The first kappa shape index (κ1) is 20.0. The monoisotopic (exact) mass is 405 g/mol. The Kier molecular flexibility index (Phi) is 5.76. The van der Waals surface area contributed by atoms with E-state index in [-0.39, 0.29) is 0 Å². The van der Waals surface area contributed by atoms with E-state index in [1.807, 2.05) is 50.2 Å². The van der Waals surface area contributed by atoms with Crippen molar-refractivity contribution in [3.05, 3.63) is 48.3 Å². The molecule has 4 rings (SSSR count). The van der Waals surface area contributed by atoms with E-state index < -0.39 is 0 Å². The number of nitrogens with zero attached hydrogens (tertiary/aromatic N) is 5. The smallest absolute Gasteiger partial charge is 0.316 e. The summed E-state index contributed by atoms with van der Waals surface area (Å²) in [4.78, 5) is 11.2. The Morgan fingerprint density at radius 2 is 1.90 bits per heavy atom. The van der Waals surface area contributed by atoms with Gasteiger partial charge in [0.25, 0.3) is 5.89 Å². The molecular formula is C22H27N7O. The van der Waals surface area contributed by atoms with Gasteiger partial charge < -0.3 is 20.0 Å². The molecule has 0 aliphatic carbocycles. The maximum absolute atomic E-state index is 5.85. The molecule has 8 heteroatoms. The summed E-state index contributed by atoms with van der Waals surface area (Å²) in [7, 11) is 3.96. The summed E-state index contributed by atoms with van der Waals surface area (Å²) in [6.07, 6.45) is 3.82. The third-order valence-corrected chi connectivity index (χ3v) is 5.30. The van der Waals surface area contributed by atoms with Crippen LogP contribution in [0.5, 0.6) is 0 Å². The zero-order valence-corrected chi connectivity index (χ0v) is 17.6. The molecule has 2 aromatic heterocycles. The van der Waals surface area contributed by atoms with Gasteiger partial charge in [-0.3, -0.25) is 4.98 Å². The number of aryl methyl sites for hydroxylation is 1. The van der Waals surface area contributed by atoms with Crippen LogP contribution in [-0.4, -0.2) is 58.3 Å². The molecule has 1 aliphatic rings. The summed E-state index contributed by atoms with van der Waals surface area (Å²) < 4.78 is 5.85. The van der Waals surface area contributed by atoms with E-state index in [1.165, 1.54) is 0 Å². The topological polar surface area (TPSA) is 92.0 Å².